The average Bonchev–Trinajstić information content (AvgIpc) is 3.45. The van der Waals surface area contributed by atoms with E-state index in [0.29, 0.717) is 4.68 Å². The normalized spacial score (nSPS) is 11.2. The molecule has 0 saturated heterocycles. The molecular weight excluding hydrogens is 465 g/mol. The van der Waals surface area contributed by atoms with Gasteiger partial charge in [0.2, 0.25) is 0 Å². The standard InChI is InChI=1S/C18H10ClF3N10O/c19-12-1-2-13(24)30-16(12)31-14(18(20,21)22)11(8-28-31)17(33)29-10-5-9(6-23)15(25-7-10)32-26-3-4-27-32/h1-5,7-8H,(H2,24,30)(H,29,33). The van der Waals surface area contributed by atoms with E-state index in [9.17, 15) is 23.2 Å². The Bertz CT molecular complexity index is 1390. The van der Waals surface area contributed by atoms with Crippen molar-refractivity contribution < 1.29 is 18.0 Å². The summed E-state index contributed by atoms with van der Waals surface area (Å²) < 4.78 is 42.0. The molecule has 0 radical (unpaired) electrons. The van der Waals surface area contributed by atoms with Crippen LogP contribution in [0.3, 0.4) is 0 Å². The summed E-state index contributed by atoms with van der Waals surface area (Å²) in [6, 6.07) is 5.64. The first-order valence-electron chi connectivity index (χ1n) is 8.85. The van der Waals surface area contributed by atoms with E-state index < -0.39 is 29.2 Å². The minimum absolute atomic E-state index is 0.0218. The van der Waals surface area contributed by atoms with Gasteiger partial charge < -0.3 is 11.1 Å². The Hall–Kier alpha value is -4.51. The number of hydrogen-bond acceptors (Lipinski definition) is 8. The molecule has 0 fully saturated rings. The fraction of sp³-hybridized carbons (Fsp3) is 0.0556. The summed E-state index contributed by atoms with van der Waals surface area (Å²) in [5.74, 6) is -1.56. The van der Waals surface area contributed by atoms with Gasteiger partial charge in [0.15, 0.2) is 17.3 Å². The van der Waals surface area contributed by atoms with Crippen LogP contribution in [0.1, 0.15) is 21.6 Å². The zero-order valence-corrected chi connectivity index (χ0v) is 16.9. The van der Waals surface area contributed by atoms with Crippen LogP contribution < -0.4 is 11.1 Å². The first-order valence-corrected chi connectivity index (χ1v) is 9.22. The van der Waals surface area contributed by atoms with Crippen LogP contribution in [-0.2, 0) is 6.18 Å². The van der Waals surface area contributed by atoms with Crippen LogP contribution in [0, 0.1) is 11.3 Å². The number of pyridine rings is 2. The van der Waals surface area contributed by atoms with Crippen LogP contribution in [0.4, 0.5) is 24.7 Å². The number of carbonyl (C=O) groups is 1. The van der Waals surface area contributed by atoms with E-state index in [1.165, 1.54) is 30.6 Å². The van der Waals surface area contributed by atoms with Gasteiger partial charge in [-0.15, -0.1) is 4.80 Å². The van der Waals surface area contributed by atoms with Crippen molar-refractivity contribution in [1.82, 2.24) is 34.7 Å². The maximum Gasteiger partial charge on any atom is 0.434 e. The molecule has 0 aromatic carbocycles. The van der Waals surface area contributed by atoms with E-state index in [2.05, 4.69) is 30.6 Å². The molecule has 4 heterocycles. The number of halogens is 4. The quantitative estimate of drug-likeness (QED) is 0.457. The number of nitriles is 1. The number of nitrogens with one attached hydrogen (secondary N) is 1. The van der Waals surface area contributed by atoms with Crippen LogP contribution >= 0.6 is 11.6 Å². The van der Waals surface area contributed by atoms with Crippen LogP contribution in [0.15, 0.2) is 43.0 Å². The molecule has 0 aliphatic rings. The Labute approximate surface area is 187 Å². The number of nitrogen functional groups attached to an aromatic ring is 1. The summed E-state index contributed by atoms with van der Waals surface area (Å²) in [5, 5.41) is 22.8. The Kier molecular flexibility index (Phi) is 5.40. The highest BCUT2D eigenvalue weighted by molar-refractivity contribution is 6.32. The lowest BCUT2D eigenvalue weighted by Crippen LogP contribution is -2.21. The molecule has 166 valence electrons. The third-order valence-corrected chi connectivity index (χ3v) is 4.48. The van der Waals surface area contributed by atoms with Gasteiger partial charge in [-0.2, -0.15) is 33.7 Å². The predicted molar refractivity (Wildman–Crippen MR) is 108 cm³/mol. The molecule has 0 unspecified atom stereocenters. The number of hydrogen-bond donors (Lipinski definition) is 2. The zero-order valence-electron chi connectivity index (χ0n) is 16.1. The van der Waals surface area contributed by atoms with Gasteiger partial charge in [0.25, 0.3) is 5.91 Å². The van der Waals surface area contributed by atoms with Crippen LogP contribution in [0.2, 0.25) is 5.02 Å². The van der Waals surface area contributed by atoms with Crippen molar-refractivity contribution in [3.05, 3.63) is 64.8 Å². The highest BCUT2D eigenvalue weighted by Crippen LogP contribution is 2.35. The topological polar surface area (TPSA) is 153 Å². The SMILES string of the molecule is N#Cc1cc(NC(=O)c2cnn(-c3nc(N)ccc3Cl)c2C(F)(F)F)cnc1-n1nccn1. The van der Waals surface area contributed by atoms with Gasteiger partial charge in [-0.05, 0) is 18.2 Å². The molecule has 0 aliphatic carbocycles. The summed E-state index contributed by atoms with van der Waals surface area (Å²) in [7, 11) is 0. The maximum absolute atomic E-state index is 13.9. The average molecular weight is 475 g/mol. The van der Waals surface area contributed by atoms with Gasteiger partial charge in [-0.1, -0.05) is 11.6 Å². The Morgan fingerprint density at radius 1 is 1.15 bits per heavy atom. The first-order chi connectivity index (χ1) is 15.7. The first kappa shape index (κ1) is 21.7. The minimum Gasteiger partial charge on any atom is -0.384 e. The lowest BCUT2D eigenvalue weighted by Gasteiger charge is -2.13. The molecule has 15 heteroatoms. The second kappa shape index (κ2) is 8.20. The number of alkyl halides is 3. The molecule has 0 spiro atoms. The highest BCUT2D eigenvalue weighted by Gasteiger charge is 2.41. The Morgan fingerprint density at radius 3 is 2.55 bits per heavy atom. The molecule has 0 atom stereocenters. The van der Waals surface area contributed by atoms with E-state index in [0.717, 1.165) is 17.2 Å². The molecule has 0 aliphatic heterocycles. The van der Waals surface area contributed by atoms with Crippen LogP contribution in [0.25, 0.3) is 11.6 Å². The predicted octanol–water partition coefficient (Wildman–Crippen LogP) is 2.62. The van der Waals surface area contributed by atoms with Crippen LogP contribution in [0.5, 0.6) is 0 Å². The second-order valence-electron chi connectivity index (χ2n) is 6.34. The van der Waals surface area contributed by atoms with Crippen molar-refractivity contribution in [2.45, 2.75) is 6.18 Å². The molecular formula is C18H10ClF3N10O. The van der Waals surface area contributed by atoms with Crippen molar-refractivity contribution in [1.29, 1.82) is 5.26 Å². The molecule has 4 aromatic rings. The summed E-state index contributed by atoms with van der Waals surface area (Å²) in [4.78, 5) is 21.6. The molecule has 4 rings (SSSR count). The van der Waals surface area contributed by atoms with Crippen molar-refractivity contribution in [3.63, 3.8) is 0 Å². The largest absolute Gasteiger partial charge is 0.434 e. The zero-order chi connectivity index (χ0) is 23.8. The fourth-order valence-corrected chi connectivity index (χ4v) is 3.02. The van der Waals surface area contributed by atoms with E-state index in [1.54, 1.807) is 0 Å². The van der Waals surface area contributed by atoms with Crippen molar-refractivity contribution >= 4 is 29.0 Å². The van der Waals surface area contributed by atoms with Gasteiger partial charge >= 0.3 is 6.18 Å². The number of amides is 1. The molecule has 33 heavy (non-hydrogen) atoms. The smallest absolute Gasteiger partial charge is 0.384 e. The van der Waals surface area contributed by atoms with Gasteiger partial charge in [-0.3, -0.25) is 4.79 Å². The monoisotopic (exact) mass is 474 g/mol. The van der Waals surface area contributed by atoms with E-state index in [1.807, 2.05) is 6.07 Å². The molecule has 0 bridgehead atoms. The molecule has 4 aromatic heterocycles. The lowest BCUT2D eigenvalue weighted by molar-refractivity contribution is -0.143. The van der Waals surface area contributed by atoms with E-state index in [-0.39, 0.29) is 27.9 Å². The minimum atomic E-state index is -5.00. The third kappa shape index (κ3) is 4.16. The van der Waals surface area contributed by atoms with Crippen molar-refractivity contribution in [2.24, 2.45) is 0 Å². The van der Waals surface area contributed by atoms with E-state index >= 15 is 0 Å². The highest BCUT2D eigenvalue weighted by atomic mass is 35.5. The Balaban J connectivity index is 1.72. The summed E-state index contributed by atoms with van der Waals surface area (Å²) in [5.41, 5.74) is 3.28. The molecule has 11 nitrogen and oxygen atoms in total. The summed E-state index contributed by atoms with van der Waals surface area (Å²) in [6.07, 6.45) is -0.386. The van der Waals surface area contributed by atoms with Gasteiger partial charge in [-0.25, -0.2) is 14.6 Å². The maximum atomic E-state index is 13.9. The third-order valence-electron chi connectivity index (χ3n) is 4.19. The molecule has 3 N–H and O–H groups in total. The summed E-state index contributed by atoms with van der Waals surface area (Å²) >= 11 is 5.96. The van der Waals surface area contributed by atoms with Crippen molar-refractivity contribution in [3.8, 4) is 17.7 Å². The van der Waals surface area contributed by atoms with Gasteiger partial charge in [0.05, 0.1) is 41.1 Å². The van der Waals surface area contributed by atoms with Crippen molar-refractivity contribution in [2.75, 3.05) is 11.1 Å². The summed E-state index contributed by atoms with van der Waals surface area (Å²) in [6.45, 7) is 0. The fourth-order valence-electron chi connectivity index (χ4n) is 2.83. The second-order valence-corrected chi connectivity index (χ2v) is 6.74. The molecule has 1 amide bonds. The number of rotatable bonds is 4. The van der Waals surface area contributed by atoms with Gasteiger partial charge in [0, 0.05) is 0 Å². The van der Waals surface area contributed by atoms with E-state index in [4.69, 9.17) is 17.3 Å². The van der Waals surface area contributed by atoms with Gasteiger partial charge in [0.1, 0.15) is 17.5 Å². The molecule has 0 saturated carbocycles. The lowest BCUT2D eigenvalue weighted by atomic mass is 10.2. The van der Waals surface area contributed by atoms with Crippen LogP contribution in [-0.4, -0.2) is 40.6 Å². The number of aromatic nitrogens is 7. The number of carbonyl (C=O) groups excluding carboxylic acids is 1. The number of anilines is 2. The Morgan fingerprint density at radius 2 is 1.88 bits per heavy atom. The number of nitrogens with two attached hydrogens (primary N) is 1. The number of nitrogens with zero attached hydrogens (tertiary/aromatic N) is 8.